The van der Waals surface area contributed by atoms with Crippen LogP contribution in [0.15, 0.2) is 75.9 Å². The first-order valence-corrected chi connectivity index (χ1v) is 11.8. The van der Waals surface area contributed by atoms with E-state index in [0.29, 0.717) is 44.9 Å². The zero-order valence-corrected chi connectivity index (χ0v) is 19.5. The summed E-state index contributed by atoms with van der Waals surface area (Å²) in [4.78, 5) is 13.5. The van der Waals surface area contributed by atoms with Gasteiger partial charge in [-0.3, -0.25) is 4.79 Å². The predicted molar refractivity (Wildman–Crippen MR) is 137 cm³/mol. The maximum atomic E-state index is 13.5. The van der Waals surface area contributed by atoms with Crippen molar-refractivity contribution in [3.05, 3.63) is 93.8 Å². The minimum atomic E-state index is -0.121. The van der Waals surface area contributed by atoms with Gasteiger partial charge in [-0.05, 0) is 73.7 Å². The zero-order chi connectivity index (χ0) is 24.2. The van der Waals surface area contributed by atoms with Crippen LogP contribution in [0.4, 0.5) is 0 Å². The van der Waals surface area contributed by atoms with Crippen LogP contribution < -0.4 is 14.9 Å². The van der Waals surface area contributed by atoms with Crippen LogP contribution in [0.25, 0.3) is 34.2 Å². The first-order valence-electron chi connectivity index (χ1n) is 11.8. The fourth-order valence-electron chi connectivity index (χ4n) is 4.55. The molecule has 0 saturated heterocycles. The highest BCUT2D eigenvalue weighted by atomic mass is 16.5. The van der Waals surface area contributed by atoms with Crippen molar-refractivity contribution in [2.75, 3.05) is 7.11 Å². The van der Waals surface area contributed by atoms with Crippen molar-refractivity contribution in [3.8, 4) is 28.7 Å². The van der Waals surface area contributed by atoms with E-state index in [1.807, 2.05) is 36.4 Å². The van der Waals surface area contributed by atoms with Crippen LogP contribution in [-0.2, 0) is 0 Å². The summed E-state index contributed by atoms with van der Waals surface area (Å²) in [5.74, 6) is 1.81. The van der Waals surface area contributed by atoms with Crippen LogP contribution in [0.2, 0.25) is 0 Å². The Labute approximate surface area is 203 Å². The summed E-state index contributed by atoms with van der Waals surface area (Å²) in [5.41, 5.74) is 2.91. The highest BCUT2D eigenvalue weighted by molar-refractivity contribution is 5.87. The van der Waals surface area contributed by atoms with Gasteiger partial charge in [0.15, 0.2) is 11.5 Å². The van der Waals surface area contributed by atoms with Gasteiger partial charge in [-0.1, -0.05) is 36.4 Å². The van der Waals surface area contributed by atoms with Crippen molar-refractivity contribution in [2.45, 2.75) is 31.8 Å². The Morgan fingerprint density at radius 2 is 1.74 bits per heavy atom. The molecule has 35 heavy (non-hydrogen) atoms. The largest absolute Gasteiger partial charge is 0.493 e. The van der Waals surface area contributed by atoms with Crippen LogP contribution in [0.3, 0.4) is 0 Å². The van der Waals surface area contributed by atoms with Crippen LogP contribution in [0.1, 0.15) is 42.6 Å². The summed E-state index contributed by atoms with van der Waals surface area (Å²) in [5, 5.41) is 9.68. The number of para-hydroxylation sites is 2. The SMILES string of the molecule is COc1cccc(C=Cc2oc3ccccc3c(=O)c2-c2ccc(C#N)cc2)c1OC1CCCC1. The van der Waals surface area contributed by atoms with Crippen LogP contribution in [0.5, 0.6) is 11.5 Å². The molecule has 3 aromatic carbocycles. The molecular weight excluding hydrogens is 438 g/mol. The Morgan fingerprint density at radius 3 is 2.49 bits per heavy atom. The van der Waals surface area contributed by atoms with Crippen molar-refractivity contribution in [2.24, 2.45) is 0 Å². The summed E-state index contributed by atoms with van der Waals surface area (Å²) in [6.45, 7) is 0. The van der Waals surface area contributed by atoms with Gasteiger partial charge >= 0.3 is 0 Å². The Hall–Kier alpha value is -4.30. The van der Waals surface area contributed by atoms with Gasteiger partial charge in [0.2, 0.25) is 5.43 Å². The number of hydrogen-bond donors (Lipinski definition) is 0. The van der Waals surface area contributed by atoms with E-state index in [-0.39, 0.29) is 11.5 Å². The Balaban J connectivity index is 1.63. The molecule has 1 aliphatic rings. The molecule has 0 N–H and O–H groups in total. The van der Waals surface area contributed by atoms with E-state index in [9.17, 15) is 4.79 Å². The molecule has 5 nitrogen and oxygen atoms in total. The standard InChI is InChI=1S/C30H25NO4/c1-33-27-12-6-7-22(30(27)34-23-8-2-3-9-23)17-18-26-28(21-15-13-20(19-31)14-16-21)29(32)24-10-4-5-11-25(24)35-26/h4-7,10-18,23H,2-3,8-9H2,1H3. The predicted octanol–water partition coefficient (Wildman–Crippen LogP) is 6.83. The van der Waals surface area contributed by atoms with Crippen molar-refractivity contribution in [1.82, 2.24) is 0 Å². The molecule has 1 fully saturated rings. The van der Waals surface area contributed by atoms with Crippen molar-refractivity contribution >= 4 is 23.1 Å². The van der Waals surface area contributed by atoms with Gasteiger partial charge in [0.1, 0.15) is 11.3 Å². The summed E-state index contributed by atoms with van der Waals surface area (Å²) >= 11 is 0. The Morgan fingerprint density at radius 1 is 0.971 bits per heavy atom. The molecule has 0 radical (unpaired) electrons. The molecule has 174 valence electrons. The molecule has 0 atom stereocenters. The van der Waals surface area contributed by atoms with E-state index in [1.165, 1.54) is 12.8 Å². The van der Waals surface area contributed by atoms with E-state index in [1.54, 1.807) is 49.6 Å². The average molecular weight is 464 g/mol. The first kappa shape index (κ1) is 22.5. The lowest BCUT2D eigenvalue weighted by atomic mass is 10.00. The number of hydrogen-bond acceptors (Lipinski definition) is 5. The molecule has 0 bridgehead atoms. The topological polar surface area (TPSA) is 72.5 Å². The first-order chi connectivity index (χ1) is 17.2. The van der Waals surface area contributed by atoms with Gasteiger partial charge in [-0.2, -0.15) is 5.26 Å². The minimum absolute atomic E-state index is 0.121. The third-order valence-electron chi connectivity index (χ3n) is 6.36. The number of methoxy groups -OCH3 is 1. The second kappa shape index (κ2) is 9.90. The molecule has 5 heteroatoms. The number of nitrogens with zero attached hydrogens (tertiary/aromatic N) is 1. The number of benzene rings is 3. The highest BCUT2D eigenvalue weighted by Crippen LogP contribution is 2.36. The van der Waals surface area contributed by atoms with Crippen molar-refractivity contribution < 1.29 is 13.9 Å². The molecule has 5 rings (SSSR count). The lowest BCUT2D eigenvalue weighted by Crippen LogP contribution is -2.12. The third-order valence-corrected chi connectivity index (χ3v) is 6.36. The molecule has 4 aromatic rings. The summed E-state index contributed by atoms with van der Waals surface area (Å²) < 4.78 is 18.1. The maximum absolute atomic E-state index is 13.5. The van der Waals surface area contributed by atoms with Gasteiger partial charge < -0.3 is 13.9 Å². The van der Waals surface area contributed by atoms with Crippen molar-refractivity contribution in [1.29, 1.82) is 5.26 Å². The van der Waals surface area contributed by atoms with Crippen LogP contribution in [-0.4, -0.2) is 13.2 Å². The highest BCUT2D eigenvalue weighted by Gasteiger charge is 2.20. The Kier molecular flexibility index (Phi) is 6.36. The molecule has 1 aromatic heterocycles. The zero-order valence-electron chi connectivity index (χ0n) is 19.5. The normalized spacial score (nSPS) is 13.8. The van der Waals surface area contributed by atoms with E-state index >= 15 is 0 Å². The number of ether oxygens (including phenoxy) is 2. The molecular formula is C30H25NO4. The summed E-state index contributed by atoms with van der Waals surface area (Å²) in [6, 6.07) is 22.0. The van der Waals surface area contributed by atoms with E-state index < -0.39 is 0 Å². The second-order valence-electron chi connectivity index (χ2n) is 8.59. The van der Waals surface area contributed by atoms with E-state index in [4.69, 9.17) is 19.2 Å². The summed E-state index contributed by atoms with van der Waals surface area (Å²) in [6.07, 6.45) is 8.27. The minimum Gasteiger partial charge on any atom is -0.493 e. The lowest BCUT2D eigenvalue weighted by molar-refractivity contribution is 0.200. The fraction of sp³-hybridized carbons (Fsp3) is 0.200. The second-order valence-corrected chi connectivity index (χ2v) is 8.59. The molecule has 1 saturated carbocycles. The van der Waals surface area contributed by atoms with Gasteiger partial charge in [0.05, 0.1) is 35.8 Å². The quantitative estimate of drug-likeness (QED) is 0.313. The molecule has 0 aliphatic heterocycles. The molecule has 0 spiro atoms. The van der Waals surface area contributed by atoms with E-state index in [2.05, 4.69) is 6.07 Å². The monoisotopic (exact) mass is 463 g/mol. The molecule has 1 aliphatic carbocycles. The summed E-state index contributed by atoms with van der Waals surface area (Å²) in [7, 11) is 1.63. The van der Waals surface area contributed by atoms with E-state index in [0.717, 1.165) is 18.4 Å². The fourth-order valence-corrected chi connectivity index (χ4v) is 4.55. The van der Waals surface area contributed by atoms with Gasteiger partial charge in [-0.15, -0.1) is 0 Å². The molecule has 0 unspecified atom stereocenters. The number of fused-ring (bicyclic) bond motifs is 1. The van der Waals surface area contributed by atoms with Crippen molar-refractivity contribution in [3.63, 3.8) is 0 Å². The smallest absolute Gasteiger partial charge is 0.201 e. The third kappa shape index (κ3) is 4.56. The maximum Gasteiger partial charge on any atom is 0.201 e. The van der Waals surface area contributed by atoms with Crippen LogP contribution >= 0.6 is 0 Å². The van der Waals surface area contributed by atoms with Gasteiger partial charge in [0.25, 0.3) is 0 Å². The van der Waals surface area contributed by atoms with Crippen LogP contribution in [0, 0.1) is 11.3 Å². The molecule has 0 amide bonds. The number of nitriles is 1. The average Bonchev–Trinajstić information content (AvgIpc) is 3.41. The molecule has 1 heterocycles. The lowest BCUT2D eigenvalue weighted by Gasteiger charge is -2.18. The van der Waals surface area contributed by atoms with Gasteiger partial charge in [0, 0.05) is 5.56 Å². The van der Waals surface area contributed by atoms with Gasteiger partial charge in [-0.25, -0.2) is 0 Å². The number of rotatable bonds is 6. The Bertz CT molecular complexity index is 1490.